The Morgan fingerprint density at radius 2 is 1.80 bits per heavy atom. The van der Waals surface area contributed by atoms with E-state index in [1.165, 1.54) is 12.1 Å². The number of hydrogen-bond donors (Lipinski definition) is 2. The fourth-order valence-corrected chi connectivity index (χ4v) is 4.97. The summed E-state index contributed by atoms with van der Waals surface area (Å²) < 4.78 is 50.0. The lowest BCUT2D eigenvalue weighted by Gasteiger charge is -2.38. The maximum Gasteiger partial charge on any atom is 0.389 e. The van der Waals surface area contributed by atoms with E-state index < -0.39 is 36.9 Å². The third-order valence-corrected chi connectivity index (χ3v) is 7.43. The summed E-state index contributed by atoms with van der Waals surface area (Å²) in [7, 11) is 1.98. The second kappa shape index (κ2) is 14.6. The Morgan fingerprint density at radius 1 is 1.11 bits per heavy atom. The number of nitrogens with zero attached hydrogens (tertiary/aromatic N) is 2. The maximum atomic E-state index is 13.6. The predicted molar refractivity (Wildman–Crippen MR) is 161 cm³/mol. The average Bonchev–Trinajstić information content (AvgIpc) is 2.99. The first kappa shape index (κ1) is 32.8. The third kappa shape index (κ3) is 9.20. The van der Waals surface area contributed by atoms with Gasteiger partial charge in [0.05, 0.1) is 24.6 Å². The van der Waals surface area contributed by atoms with E-state index in [2.05, 4.69) is 10.2 Å². The molecule has 0 aromatic heterocycles. The van der Waals surface area contributed by atoms with Crippen LogP contribution >= 0.6 is 0 Å². The molecule has 1 heterocycles. The summed E-state index contributed by atoms with van der Waals surface area (Å²) in [6, 6.07) is 21.3. The van der Waals surface area contributed by atoms with Crippen molar-refractivity contribution in [1.29, 1.82) is 0 Å². The van der Waals surface area contributed by atoms with E-state index in [0.29, 0.717) is 25.4 Å². The quantitative estimate of drug-likeness (QED) is 0.271. The van der Waals surface area contributed by atoms with Gasteiger partial charge in [0, 0.05) is 37.7 Å². The van der Waals surface area contributed by atoms with Gasteiger partial charge in [-0.3, -0.25) is 14.5 Å². The Morgan fingerprint density at radius 3 is 2.45 bits per heavy atom. The number of halogens is 3. The molecule has 44 heavy (non-hydrogen) atoms. The smallest absolute Gasteiger partial charge is 0.389 e. The molecule has 8 nitrogen and oxygen atoms in total. The lowest BCUT2D eigenvalue weighted by Crippen LogP contribution is -2.49. The first-order valence-electron chi connectivity index (χ1n) is 14.5. The summed E-state index contributed by atoms with van der Waals surface area (Å²) in [4.78, 5) is 29.4. The molecule has 2 amide bonds. The van der Waals surface area contributed by atoms with Crippen LogP contribution in [0.1, 0.15) is 42.6 Å². The van der Waals surface area contributed by atoms with Gasteiger partial charge in [0.25, 0.3) is 5.91 Å². The lowest BCUT2D eigenvalue weighted by atomic mass is 9.99. The largest absolute Gasteiger partial charge is 0.488 e. The summed E-state index contributed by atoms with van der Waals surface area (Å²) in [6.07, 6.45) is -6.76. The Labute approximate surface area is 255 Å². The fraction of sp³-hybridized carbons (Fsp3) is 0.394. The standard InChI is InChI=1S/C33H38F3N3O5/c1-22-18-39(23(2)21-40)32(42)28-17-25(37-31(41)15-16-33(34,35)36)11-14-29(28)44-30(22)20-38(3)19-24-9-12-27(13-10-24)43-26-7-5-4-6-8-26/h4-14,17,22-23,30,40H,15-16,18-21H2,1-3H3,(H,37,41)/t22-,23+,30-/m1/s1. The number of ether oxygens (including phenoxy) is 2. The summed E-state index contributed by atoms with van der Waals surface area (Å²) >= 11 is 0. The van der Waals surface area contributed by atoms with Crippen LogP contribution in [0.4, 0.5) is 18.9 Å². The van der Waals surface area contributed by atoms with Crippen LogP contribution in [0.15, 0.2) is 72.8 Å². The lowest BCUT2D eigenvalue weighted by molar-refractivity contribution is -0.142. The molecule has 1 aliphatic rings. The molecule has 3 atom stereocenters. The van der Waals surface area contributed by atoms with E-state index in [1.807, 2.05) is 68.6 Å². The molecule has 4 rings (SSSR count). The molecule has 0 saturated carbocycles. The van der Waals surface area contributed by atoms with E-state index >= 15 is 0 Å². The number of carbonyl (C=O) groups is 2. The molecule has 0 unspecified atom stereocenters. The maximum absolute atomic E-state index is 13.6. The Balaban J connectivity index is 1.48. The molecule has 0 radical (unpaired) electrons. The van der Waals surface area contributed by atoms with Gasteiger partial charge in [0.15, 0.2) is 0 Å². The Bertz CT molecular complexity index is 1400. The summed E-state index contributed by atoms with van der Waals surface area (Å²) in [5.41, 5.74) is 1.42. The van der Waals surface area contributed by atoms with Crippen molar-refractivity contribution in [2.45, 2.75) is 51.6 Å². The molecular weight excluding hydrogens is 575 g/mol. The molecule has 0 bridgehead atoms. The highest BCUT2D eigenvalue weighted by molar-refractivity contribution is 5.99. The monoisotopic (exact) mass is 613 g/mol. The molecule has 0 saturated heterocycles. The van der Waals surface area contributed by atoms with Crippen molar-refractivity contribution in [3.8, 4) is 17.2 Å². The second-order valence-corrected chi connectivity index (χ2v) is 11.3. The van der Waals surface area contributed by atoms with Crippen molar-refractivity contribution in [3.05, 3.63) is 83.9 Å². The summed E-state index contributed by atoms with van der Waals surface area (Å²) in [6.45, 7) is 4.93. The van der Waals surface area contributed by atoms with Crippen LogP contribution in [0.2, 0.25) is 0 Å². The minimum absolute atomic E-state index is 0.105. The zero-order valence-corrected chi connectivity index (χ0v) is 25.0. The van der Waals surface area contributed by atoms with Gasteiger partial charge in [-0.2, -0.15) is 13.2 Å². The van der Waals surface area contributed by atoms with Gasteiger partial charge in [-0.1, -0.05) is 37.3 Å². The number of benzene rings is 3. The molecule has 0 fully saturated rings. The molecule has 0 spiro atoms. The van der Waals surface area contributed by atoms with Crippen LogP contribution in [0.25, 0.3) is 0 Å². The minimum Gasteiger partial charge on any atom is -0.488 e. The van der Waals surface area contributed by atoms with Crippen molar-refractivity contribution in [1.82, 2.24) is 9.80 Å². The number of aliphatic hydroxyl groups is 1. The minimum atomic E-state index is -4.45. The van der Waals surface area contributed by atoms with E-state index in [1.54, 1.807) is 17.9 Å². The van der Waals surface area contributed by atoms with Crippen LogP contribution in [0.5, 0.6) is 17.2 Å². The van der Waals surface area contributed by atoms with Crippen LogP contribution in [0.3, 0.4) is 0 Å². The van der Waals surface area contributed by atoms with Crippen LogP contribution in [-0.2, 0) is 11.3 Å². The number of aliphatic hydroxyl groups excluding tert-OH is 1. The van der Waals surface area contributed by atoms with Gasteiger partial charge in [-0.15, -0.1) is 0 Å². The third-order valence-electron chi connectivity index (χ3n) is 7.43. The van der Waals surface area contributed by atoms with Crippen molar-refractivity contribution < 1.29 is 37.3 Å². The zero-order valence-electron chi connectivity index (χ0n) is 25.0. The van der Waals surface area contributed by atoms with Crippen molar-refractivity contribution in [2.75, 3.05) is 32.1 Å². The molecule has 236 valence electrons. The summed E-state index contributed by atoms with van der Waals surface area (Å²) in [5.74, 6) is 0.471. The number of fused-ring (bicyclic) bond motifs is 1. The number of likely N-dealkylation sites (N-methyl/N-ethyl adjacent to an activating group) is 1. The van der Waals surface area contributed by atoms with E-state index in [-0.39, 0.29) is 29.9 Å². The fourth-order valence-electron chi connectivity index (χ4n) is 4.97. The highest BCUT2D eigenvalue weighted by Crippen LogP contribution is 2.31. The molecule has 2 N–H and O–H groups in total. The van der Waals surface area contributed by atoms with Crippen molar-refractivity contribution >= 4 is 17.5 Å². The van der Waals surface area contributed by atoms with Crippen molar-refractivity contribution in [3.63, 3.8) is 0 Å². The molecule has 1 aliphatic heterocycles. The topological polar surface area (TPSA) is 91.3 Å². The predicted octanol–water partition coefficient (Wildman–Crippen LogP) is 6.11. The first-order valence-corrected chi connectivity index (χ1v) is 14.5. The summed E-state index contributed by atoms with van der Waals surface area (Å²) in [5, 5.41) is 12.3. The van der Waals surface area contributed by atoms with Gasteiger partial charge in [-0.25, -0.2) is 0 Å². The highest BCUT2D eigenvalue weighted by atomic mass is 19.4. The Hall–Kier alpha value is -4.09. The number of alkyl halides is 3. The number of hydrogen-bond acceptors (Lipinski definition) is 6. The number of carbonyl (C=O) groups excluding carboxylic acids is 2. The van der Waals surface area contributed by atoms with Gasteiger partial charge < -0.3 is 24.8 Å². The number of anilines is 1. The average molecular weight is 614 g/mol. The zero-order chi connectivity index (χ0) is 31.9. The number of nitrogens with one attached hydrogen (secondary N) is 1. The molecule has 3 aromatic rings. The number of rotatable bonds is 11. The number of para-hydroxylation sites is 1. The number of amides is 2. The van der Waals surface area contributed by atoms with Crippen LogP contribution in [-0.4, -0.2) is 71.8 Å². The molecule has 0 aliphatic carbocycles. The first-order chi connectivity index (χ1) is 20.9. The van der Waals surface area contributed by atoms with E-state index in [4.69, 9.17) is 9.47 Å². The normalized spacial score (nSPS) is 17.7. The molecular formula is C33H38F3N3O5. The van der Waals surface area contributed by atoms with Gasteiger partial charge in [0.1, 0.15) is 23.4 Å². The highest BCUT2D eigenvalue weighted by Gasteiger charge is 2.34. The van der Waals surface area contributed by atoms with E-state index in [0.717, 1.165) is 17.1 Å². The SMILES string of the molecule is C[C@@H]1CN([C@@H](C)CO)C(=O)c2cc(NC(=O)CCC(F)(F)F)ccc2O[C@@H]1CN(C)Cc1ccc(Oc2ccccc2)cc1. The second-order valence-electron chi connectivity index (χ2n) is 11.3. The van der Waals surface area contributed by atoms with Crippen molar-refractivity contribution in [2.24, 2.45) is 5.92 Å². The Kier molecular flexibility index (Phi) is 10.9. The molecule has 3 aromatic carbocycles. The van der Waals surface area contributed by atoms with Gasteiger partial charge in [-0.05, 0) is 62.0 Å². The molecule has 11 heteroatoms. The van der Waals surface area contributed by atoms with Crippen LogP contribution in [0, 0.1) is 5.92 Å². The van der Waals surface area contributed by atoms with Gasteiger partial charge >= 0.3 is 6.18 Å². The van der Waals surface area contributed by atoms with Gasteiger partial charge in [0.2, 0.25) is 5.91 Å². The van der Waals surface area contributed by atoms with E-state index in [9.17, 15) is 27.9 Å². The van der Waals surface area contributed by atoms with Crippen LogP contribution < -0.4 is 14.8 Å².